The van der Waals surface area contributed by atoms with E-state index in [4.69, 9.17) is 4.74 Å². The highest BCUT2D eigenvalue weighted by Gasteiger charge is 2.32. The van der Waals surface area contributed by atoms with E-state index >= 15 is 0 Å². The molecular weight excluding hydrogens is 266 g/mol. The van der Waals surface area contributed by atoms with Gasteiger partial charge in [0.15, 0.2) is 0 Å². The van der Waals surface area contributed by atoms with Crippen molar-refractivity contribution in [3.05, 3.63) is 0 Å². The molecule has 0 amide bonds. The predicted molar refractivity (Wildman–Crippen MR) is 86.4 cm³/mol. The lowest BCUT2D eigenvalue weighted by Crippen LogP contribution is -2.50. The number of likely N-dealkylation sites (N-methyl/N-ethyl adjacent to an activating group) is 1. The van der Waals surface area contributed by atoms with E-state index in [1.54, 1.807) is 0 Å². The van der Waals surface area contributed by atoms with Crippen LogP contribution >= 0.6 is 0 Å². The minimum atomic E-state index is -0.558. The smallest absolute Gasteiger partial charge is 0.325 e. The molecule has 1 fully saturated rings. The lowest BCUT2D eigenvalue weighted by atomic mass is 9.95. The van der Waals surface area contributed by atoms with Crippen molar-refractivity contribution in [1.82, 2.24) is 15.1 Å². The molecule has 1 aliphatic rings. The molecule has 1 N–H and O–H groups in total. The van der Waals surface area contributed by atoms with Crippen molar-refractivity contribution in [1.29, 1.82) is 0 Å². The summed E-state index contributed by atoms with van der Waals surface area (Å²) in [6.45, 7) is 9.34. The summed E-state index contributed by atoms with van der Waals surface area (Å²) in [5.74, 6) is 0.630. The van der Waals surface area contributed by atoms with Crippen LogP contribution in [0.4, 0.5) is 0 Å². The Hall–Kier alpha value is -0.650. The first-order valence-corrected chi connectivity index (χ1v) is 8.11. The standard InChI is InChI=1S/C16H33N3O2/c1-6-17-16(2,15(20)21-5)9-7-10-18(3)12-14-8-11-19(4)13-14/h14,17H,6-13H2,1-5H3. The van der Waals surface area contributed by atoms with Gasteiger partial charge in [0.1, 0.15) is 5.54 Å². The van der Waals surface area contributed by atoms with Crippen LogP contribution in [0.1, 0.15) is 33.1 Å². The molecular formula is C16H33N3O2. The number of carbonyl (C=O) groups excluding carboxylic acids is 1. The molecule has 5 nitrogen and oxygen atoms in total. The molecule has 1 rings (SSSR count). The van der Waals surface area contributed by atoms with Gasteiger partial charge in [-0.25, -0.2) is 0 Å². The number of methoxy groups -OCH3 is 1. The second-order valence-corrected chi connectivity index (χ2v) is 6.64. The van der Waals surface area contributed by atoms with Gasteiger partial charge < -0.3 is 19.9 Å². The lowest BCUT2D eigenvalue weighted by Gasteiger charge is -2.29. The maximum atomic E-state index is 11.9. The van der Waals surface area contributed by atoms with Crippen LogP contribution in [0.5, 0.6) is 0 Å². The molecule has 1 aliphatic heterocycles. The summed E-state index contributed by atoms with van der Waals surface area (Å²) in [5.41, 5.74) is -0.558. The molecule has 21 heavy (non-hydrogen) atoms. The van der Waals surface area contributed by atoms with Crippen LogP contribution in [0.15, 0.2) is 0 Å². The fraction of sp³-hybridized carbons (Fsp3) is 0.938. The van der Waals surface area contributed by atoms with Gasteiger partial charge in [0, 0.05) is 13.1 Å². The lowest BCUT2D eigenvalue weighted by molar-refractivity contribution is -0.148. The highest BCUT2D eigenvalue weighted by molar-refractivity contribution is 5.80. The molecule has 0 aromatic heterocycles. The van der Waals surface area contributed by atoms with Gasteiger partial charge in [-0.05, 0) is 65.8 Å². The minimum Gasteiger partial charge on any atom is -0.468 e. The molecule has 1 saturated heterocycles. The molecule has 0 aromatic carbocycles. The Labute approximate surface area is 130 Å². The molecule has 0 bridgehead atoms. The third-order valence-corrected chi connectivity index (χ3v) is 4.48. The van der Waals surface area contributed by atoms with E-state index in [1.165, 1.54) is 26.6 Å². The van der Waals surface area contributed by atoms with Crippen molar-refractivity contribution in [3.63, 3.8) is 0 Å². The molecule has 2 atom stereocenters. The number of nitrogens with one attached hydrogen (secondary N) is 1. The van der Waals surface area contributed by atoms with Gasteiger partial charge in [-0.3, -0.25) is 4.79 Å². The molecule has 124 valence electrons. The van der Waals surface area contributed by atoms with Crippen LogP contribution in [-0.2, 0) is 9.53 Å². The second kappa shape index (κ2) is 8.71. The van der Waals surface area contributed by atoms with Crippen molar-refractivity contribution in [2.24, 2.45) is 5.92 Å². The molecule has 0 saturated carbocycles. The van der Waals surface area contributed by atoms with Gasteiger partial charge in [-0.1, -0.05) is 6.92 Å². The summed E-state index contributed by atoms with van der Waals surface area (Å²) in [4.78, 5) is 16.7. The van der Waals surface area contributed by atoms with Gasteiger partial charge >= 0.3 is 5.97 Å². The van der Waals surface area contributed by atoms with Crippen LogP contribution in [0, 0.1) is 5.92 Å². The summed E-state index contributed by atoms with van der Waals surface area (Å²) in [6.07, 6.45) is 3.11. The van der Waals surface area contributed by atoms with Crippen LogP contribution in [0.25, 0.3) is 0 Å². The molecule has 0 radical (unpaired) electrons. The fourth-order valence-corrected chi connectivity index (χ4v) is 3.29. The number of hydrogen-bond acceptors (Lipinski definition) is 5. The monoisotopic (exact) mass is 299 g/mol. The van der Waals surface area contributed by atoms with Gasteiger partial charge in [-0.15, -0.1) is 0 Å². The zero-order valence-corrected chi connectivity index (χ0v) is 14.4. The summed E-state index contributed by atoms with van der Waals surface area (Å²) in [5, 5.41) is 3.26. The minimum absolute atomic E-state index is 0.163. The zero-order valence-electron chi connectivity index (χ0n) is 14.4. The Balaban J connectivity index is 2.31. The predicted octanol–water partition coefficient (Wildman–Crippen LogP) is 1.19. The Morgan fingerprint density at radius 1 is 1.52 bits per heavy atom. The first-order chi connectivity index (χ1) is 9.91. The van der Waals surface area contributed by atoms with Gasteiger partial charge in [0.05, 0.1) is 7.11 Å². The van der Waals surface area contributed by atoms with Crippen LogP contribution < -0.4 is 5.32 Å². The van der Waals surface area contributed by atoms with Crippen molar-refractivity contribution in [3.8, 4) is 0 Å². The first kappa shape index (κ1) is 18.4. The first-order valence-electron chi connectivity index (χ1n) is 8.11. The van der Waals surface area contributed by atoms with Crippen LogP contribution in [-0.4, -0.2) is 75.2 Å². The normalized spacial score (nSPS) is 22.5. The molecule has 0 aromatic rings. The van der Waals surface area contributed by atoms with E-state index in [-0.39, 0.29) is 5.97 Å². The van der Waals surface area contributed by atoms with E-state index in [9.17, 15) is 4.79 Å². The summed E-state index contributed by atoms with van der Waals surface area (Å²) in [7, 11) is 5.83. The van der Waals surface area contributed by atoms with Crippen molar-refractivity contribution in [2.75, 3.05) is 53.9 Å². The van der Waals surface area contributed by atoms with Crippen LogP contribution in [0.2, 0.25) is 0 Å². The Morgan fingerprint density at radius 2 is 2.24 bits per heavy atom. The van der Waals surface area contributed by atoms with E-state index in [0.29, 0.717) is 0 Å². The fourth-order valence-electron chi connectivity index (χ4n) is 3.29. The van der Waals surface area contributed by atoms with E-state index in [0.717, 1.165) is 38.4 Å². The van der Waals surface area contributed by atoms with Crippen molar-refractivity contribution < 1.29 is 9.53 Å². The van der Waals surface area contributed by atoms with Crippen LogP contribution in [0.3, 0.4) is 0 Å². The molecule has 1 heterocycles. The number of likely N-dealkylation sites (tertiary alicyclic amines) is 1. The zero-order chi connectivity index (χ0) is 15.9. The third kappa shape index (κ3) is 5.93. The highest BCUT2D eigenvalue weighted by atomic mass is 16.5. The average molecular weight is 299 g/mol. The Bertz CT molecular complexity index is 325. The van der Waals surface area contributed by atoms with E-state index in [1.807, 2.05) is 13.8 Å². The van der Waals surface area contributed by atoms with Gasteiger partial charge in [0.25, 0.3) is 0 Å². The van der Waals surface area contributed by atoms with Crippen molar-refractivity contribution >= 4 is 5.97 Å². The van der Waals surface area contributed by atoms with Gasteiger partial charge in [-0.2, -0.15) is 0 Å². The van der Waals surface area contributed by atoms with Gasteiger partial charge in [0.2, 0.25) is 0 Å². The summed E-state index contributed by atoms with van der Waals surface area (Å²) >= 11 is 0. The SMILES string of the molecule is CCNC(C)(CCCN(C)CC1CCN(C)C1)C(=O)OC. The maximum Gasteiger partial charge on any atom is 0.325 e. The molecule has 0 spiro atoms. The summed E-state index contributed by atoms with van der Waals surface area (Å²) in [6, 6.07) is 0. The van der Waals surface area contributed by atoms with E-state index in [2.05, 4.69) is 29.2 Å². The molecule has 5 heteroatoms. The number of esters is 1. The topological polar surface area (TPSA) is 44.8 Å². The number of hydrogen-bond donors (Lipinski definition) is 1. The van der Waals surface area contributed by atoms with Crippen molar-refractivity contribution in [2.45, 2.75) is 38.6 Å². The van der Waals surface area contributed by atoms with E-state index < -0.39 is 5.54 Å². The Kier molecular flexibility index (Phi) is 7.63. The average Bonchev–Trinajstić information content (AvgIpc) is 2.83. The number of rotatable bonds is 9. The Morgan fingerprint density at radius 3 is 2.76 bits per heavy atom. The number of carbonyl (C=O) groups is 1. The number of nitrogens with zero attached hydrogens (tertiary/aromatic N) is 2. The third-order valence-electron chi connectivity index (χ3n) is 4.48. The maximum absolute atomic E-state index is 11.9. The quantitative estimate of drug-likeness (QED) is 0.648. The number of ether oxygens (including phenoxy) is 1. The largest absolute Gasteiger partial charge is 0.468 e. The summed E-state index contributed by atoms with van der Waals surface area (Å²) < 4.78 is 4.92. The molecule has 2 unspecified atom stereocenters. The highest BCUT2D eigenvalue weighted by Crippen LogP contribution is 2.17. The second-order valence-electron chi connectivity index (χ2n) is 6.64. The molecule has 0 aliphatic carbocycles.